The molecule has 0 bridgehead atoms. The van der Waals surface area contributed by atoms with Gasteiger partial charge in [0.05, 0.1) is 0 Å². The fraction of sp³-hybridized carbons (Fsp3) is 1.00. The van der Waals surface area contributed by atoms with Gasteiger partial charge in [0.2, 0.25) is 0 Å². The van der Waals surface area contributed by atoms with Crippen LogP contribution in [0.4, 0.5) is 0 Å². The molecule has 0 amide bonds. The van der Waals surface area contributed by atoms with Gasteiger partial charge in [-0.15, -0.1) is 0 Å². The van der Waals surface area contributed by atoms with Crippen molar-refractivity contribution in [2.75, 3.05) is 0 Å². The summed E-state index contributed by atoms with van der Waals surface area (Å²) in [5, 5.41) is 1.20. The zero-order chi connectivity index (χ0) is 10.7. The second kappa shape index (κ2) is 5.40. The Morgan fingerprint density at radius 2 is 1.31 bits per heavy atom. The van der Waals surface area contributed by atoms with Crippen molar-refractivity contribution in [3.63, 3.8) is 0 Å². The first kappa shape index (κ1) is 14.3. The van der Waals surface area contributed by atoms with Crippen LogP contribution in [0.3, 0.4) is 0 Å². The molecule has 0 saturated heterocycles. The number of hydrogen-bond acceptors (Lipinski definition) is 0. The quantitative estimate of drug-likeness (QED) is 0.669. The van der Waals surface area contributed by atoms with Crippen molar-refractivity contribution in [3.05, 3.63) is 0 Å². The molecule has 0 fully saturated rings. The zero-order valence-corrected chi connectivity index (χ0v) is 15.9. The Balaban J connectivity index is 4.39. The molecule has 0 atom stereocenters. The summed E-state index contributed by atoms with van der Waals surface area (Å²) in [6, 6.07) is 0. The van der Waals surface area contributed by atoms with Gasteiger partial charge in [0.1, 0.15) is 0 Å². The Morgan fingerprint density at radius 3 is 1.54 bits per heavy atom. The molecule has 0 aromatic heterocycles. The van der Waals surface area contributed by atoms with Crippen LogP contribution in [0.2, 0.25) is 52.8 Å². The molecule has 77 valence electrons. The van der Waals surface area contributed by atoms with Gasteiger partial charge in [-0.05, 0) is 0 Å². The molecule has 0 aliphatic heterocycles. The van der Waals surface area contributed by atoms with Crippen LogP contribution in [0.25, 0.3) is 0 Å². The Labute approximate surface area is 98.3 Å². The molecule has 0 heterocycles. The molecular formula is C10H26InSi2. The predicted octanol–water partition coefficient (Wildman–Crippen LogP) is 4.13. The van der Waals surface area contributed by atoms with Crippen molar-refractivity contribution >= 4 is 39.1 Å². The molecular weight excluding hydrogens is 291 g/mol. The van der Waals surface area contributed by atoms with E-state index in [4.69, 9.17) is 0 Å². The normalized spacial score (nSPS) is 13.5. The molecule has 0 unspecified atom stereocenters. The van der Waals surface area contributed by atoms with E-state index in [1.165, 1.54) is 5.16 Å². The van der Waals surface area contributed by atoms with Gasteiger partial charge >= 0.3 is 98.8 Å². The number of hydrogen-bond donors (Lipinski definition) is 0. The van der Waals surface area contributed by atoms with Gasteiger partial charge in [-0.3, -0.25) is 0 Å². The van der Waals surface area contributed by atoms with Crippen LogP contribution in [0.1, 0.15) is 6.92 Å². The molecule has 0 aliphatic rings. The van der Waals surface area contributed by atoms with Crippen LogP contribution in [-0.4, -0.2) is 39.1 Å². The van der Waals surface area contributed by atoms with E-state index in [0.717, 1.165) is 0 Å². The summed E-state index contributed by atoms with van der Waals surface area (Å²) in [6.07, 6.45) is 0. The van der Waals surface area contributed by atoms with Crippen molar-refractivity contribution in [2.24, 2.45) is 0 Å². The second-order valence-corrected chi connectivity index (χ2v) is 23.0. The van der Waals surface area contributed by atoms with E-state index in [9.17, 15) is 0 Å². The van der Waals surface area contributed by atoms with Crippen molar-refractivity contribution in [3.8, 4) is 0 Å². The van der Waals surface area contributed by atoms with Crippen molar-refractivity contribution in [1.82, 2.24) is 0 Å². The molecule has 0 aromatic rings. The molecule has 0 N–H and O–H groups in total. The first-order chi connectivity index (χ1) is 5.69. The van der Waals surface area contributed by atoms with Crippen molar-refractivity contribution in [2.45, 2.75) is 59.7 Å². The first-order valence-corrected chi connectivity index (χ1v) is 17.3. The van der Waals surface area contributed by atoms with Gasteiger partial charge in [-0.25, -0.2) is 0 Å². The third-order valence-electron chi connectivity index (χ3n) is 2.78. The first-order valence-electron chi connectivity index (χ1n) is 5.51. The molecule has 0 rings (SSSR count). The van der Waals surface area contributed by atoms with E-state index < -0.39 is 16.1 Å². The summed E-state index contributed by atoms with van der Waals surface area (Å²) < 4.78 is 3.25. The molecule has 0 aromatic carbocycles. The average molecular weight is 317 g/mol. The SMILES string of the molecule is C[CH2][In][CH2]C([Si](C)(C)C)[Si](C)(C)C. The zero-order valence-electron chi connectivity index (χ0n) is 10.6. The van der Waals surface area contributed by atoms with E-state index in [-0.39, 0.29) is 22.9 Å². The Hall–Kier alpha value is 1.30. The van der Waals surface area contributed by atoms with E-state index in [0.29, 0.717) is 0 Å². The Kier molecular flexibility index (Phi) is 5.95. The molecule has 3 heteroatoms. The Morgan fingerprint density at radius 1 is 0.923 bits per heavy atom. The monoisotopic (exact) mass is 317 g/mol. The molecule has 0 nitrogen and oxygen atoms in total. The van der Waals surface area contributed by atoms with E-state index >= 15 is 0 Å². The van der Waals surface area contributed by atoms with E-state index in [1.54, 1.807) is 8.35 Å². The third-order valence-corrected chi connectivity index (χ3v) is 19.3. The van der Waals surface area contributed by atoms with Gasteiger partial charge in [0.15, 0.2) is 0 Å². The minimum absolute atomic E-state index is 0.143. The molecule has 0 aliphatic carbocycles. The summed E-state index contributed by atoms with van der Waals surface area (Å²) in [7, 11) is -1.70. The standard InChI is InChI=1S/C8H21Si2.C2H5.In/c1-8(9(2,3)4)10(5,6)7;1-2;/h8H,1H2,2-7H3;1H2,2H3;. The molecule has 0 saturated carbocycles. The summed E-state index contributed by atoms with van der Waals surface area (Å²) in [6.45, 7) is 17.9. The van der Waals surface area contributed by atoms with Gasteiger partial charge in [-0.1, -0.05) is 0 Å². The topological polar surface area (TPSA) is 0 Å². The van der Waals surface area contributed by atoms with E-state index in [2.05, 4.69) is 46.2 Å². The summed E-state index contributed by atoms with van der Waals surface area (Å²) >= 11 is -0.143. The van der Waals surface area contributed by atoms with Gasteiger partial charge < -0.3 is 0 Å². The molecule has 13 heavy (non-hydrogen) atoms. The minimum atomic E-state index is -0.850. The van der Waals surface area contributed by atoms with E-state index in [1.807, 2.05) is 0 Å². The summed E-state index contributed by atoms with van der Waals surface area (Å²) in [5.41, 5.74) is 0. The average Bonchev–Trinajstić information content (AvgIpc) is 1.81. The number of rotatable bonds is 5. The summed E-state index contributed by atoms with van der Waals surface area (Å²) in [5.74, 6) is 0. The third kappa shape index (κ3) is 5.68. The van der Waals surface area contributed by atoms with Crippen LogP contribution in [0.5, 0.6) is 0 Å². The van der Waals surface area contributed by atoms with Gasteiger partial charge in [0, 0.05) is 0 Å². The predicted molar refractivity (Wildman–Crippen MR) is 71.5 cm³/mol. The van der Waals surface area contributed by atoms with Crippen LogP contribution in [0.15, 0.2) is 0 Å². The van der Waals surface area contributed by atoms with Gasteiger partial charge in [0.25, 0.3) is 0 Å². The molecule has 0 spiro atoms. The maximum absolute atomic E-state index is 2.58. The van der Waals surface area contributed by atoms with Crippen LogP contribution < -0.4 is 0 Å². The van der Waals surface area contributed by atoms with Crippen LogP contribution >= 0.6 is 0 Å². The fourth-order valence-corrected chi connectivity index (χ4v) is 30.4. The summed E-state index contributed by atoms with van der Waals surface area (Å²) in [4.78, 5) is 0. The van der Waals surface area contributed by atoms with Crippen LogP contribution in [0, 0.1) is 0 Å². The molecule has 1 radical (unpaired) electrons. The van der Waals surface area contributed by atoms with Gasteiger partial charge in [-0.2, -0.15) is 0 Å². The second-order valence-electron chi connectivity index (χ2n) is 6.22. The van der Waals surface area contributed by atoms with Crippen molar-refractivity contribution < 1.29 is 0 Å². The van der Waals surface area contributed by atoms with Crippen molar-refractivity contribution in [1.29, 1.82) is 0 Å². The van der Waals surface area contributed by atoms with Crippen LogP contribution in [-0.2, 0) is 0 Å². The fourth-order valence-electron chi connectivity index (χ4n) is 2.34. The maximum atomic E-state index is 2.58. The Bertz CT molecular complexity index is 130.